The van der Waals surface area contributed by atoms with Gasteiger partial charge in [-0.2, -0.15) is 0 Å². The quantitative estimate of drug-likeness (QED) is 0.432. The average Bonchev–Trinajstić information content (AvgIpc) is 2.89. The van der Waals surface area contributed by atoms with Crippen molar-refractivity contribution in [3.63, 3.8) is 0 Å². The van der Waals surface area contributed by atoms with Crippen LogP contribution in [0.15, 0.2) is 12.2 Å². The summed E-state index contributed by atoms with van der Waals surface area (Å²) in [4.78, 5) is 12.6. The van der Waals surface area contributed by atoms with Gasteiger partial charge in [0.25, 0.3) is 0 Å². The molecular weight excluding hydrogens is 308 g/mol. The second kappa shape index (κ2) is 5.71. The van der Waals surface area contributed by atoms with E-state index >= 15 is 0 Å². The molecule has 2 bridgehead atoms. The Morgan fingerprint density at radius 3 is 2.43 bits per heavy atom. The maximum atomic E-state index is 12.6. The number of rotatable bonds is 5. The summed E-state index contributed by atoms with van der Waals surface area (Å²) in [7, 11) is -1.91. The Bertz CT molecular complexity index is 504. The molecule has 0 amide bonds. The van der Waals surface area contributed by atoms with Gasteiger partial charge in [-0.1, -0.05) is 46.8 Å². The van der Waals surface area contributed by atoms with Crippen LogP contribution in [0.1, 0.15) is 41.5 Å². The van der Waals surface area contributed by atoms with Crippen LogP contribution in [-0.4, -0.2) is 39.2 Å². The third-order valence-electron chi connectivity index (χ3n) is 5.85. The molecule has 0 saturated carbocycles. The number of hydrogen-bond acceptors (Lipinski definition) is 4. The number of carbonyl (C=O) groups is 1. The van der Waals surface area contributed by atoms with Crippen molar-refractivity contribution >= 4 is 14.3 Å². The fraction of sp³-hybridized carbons (Fsp3) is 0.833. The van der Waals surface area contributed by atoms with Crippen molar-refractivity contribution < 1.29 is 18.7 Å². The van der Waals surface area contributed by atoms with Gasteiger partial charge in [0.1, 0.15) is 5.60 Å². The van der Waals surface area contributed by atoms with Crippen LogP contribution in [0.25, 0.3) is 0 Å². The first kappa shape index (κ1) is 18.7. The molecule has 5 heteroatoms. The molecule has 0 aliphatic carbocycles. The maximum Gasteiger partial charge on any atom is 0.312 e. The number of carbonyl (C=O) groups excluding carboxylic acids is 1. The van der Waals surface area contributed by atoms with E-state index in [0.29, 0.717) is 13.2 Å². The van der Waals surface area contributed by atoms with Gasteiger partial charge in [0.15, 0.2) is 8.32 Å². The van der Waals surface area contributed by atoms with Gasteiger partial charge in [-0.25, -0.2) is 0 Å². The van der Waals surface area contributed by atoms with Gasteiger partial charge in [0.2, 0.25) is 0 Å². The molecule has 2 rings (SSSR count). The van der Waals surface area contributed by atoms with E-state index in [1.54, 1.807) is 0 Å². The lowest BCUT2D eigenvalue weighted by molar-refractivity contribution is -0.156. The van der Waals surface area contributed by atoms with Crippen molar-refractivity contribution in [2.24, 2.45) is 11.3 Å². The highest BCUT2D eigenvalue weighted by Gasteiger charge is 2.64. The number of fused-ring (bicyclic) bond motifs is 2. The van der Waals surface area contributed by atoms with E-state index in [1.165, 1.54) is 0 Å². The molecule has 2 heterocycles. The maximum absolute atomic E-state index is 12.6. The standard InChI is InChI=1S/C18H32O4Si/c1-9-20-15(19)14-17(5,6)13-10-11-18(14,22-13)12-21-23(7,8)16(2,3)4/h10-11,13-14H,9,12H2,1-8H3/t13-,14-,18-/m0/s1. The molecule has 0 N–H and O–H groups in total. The first-order valence-electron chi connectivity index (χ1n) is 8.55. The summed E-state index contributed by atoms with van der Waals surface area (Å²) in [5.74, 6) is -0.502. The molecule has 4 nitrogen and oxygen atoms in total. The summed E-state index contributed by atoms with van der Waals surface area (Å²) in [6, 6.07) is 0. The zero-order valence-corrected chi connectivity index (χ0v) is 16.9. The minimum atomic E-state index is -1.91. The Balaban J connectivity index is 2.25. The monoisotopic (exact) mass is 340 g/mol. The Hall–Kier alpha value is -0.653. The number of hydrogen-bond donors (Lipinski definition) is 0. The van der Waals surface area contributed by atoms with Gasteiger partial charge in [-0.15, -0.1) is 0 Å². The van der Waals surface area contributed by atoms with Crippen LogP contribution in [-0.2, 0) is 18.7 Å². The summed E-state index contributed by atoms with van der Waals surface area (Å²) in [5.41, 5.74) is -0.965. The third kappa shape index (κ3) is 3.03. The van der Waals surface area contributed by atoms with Gasteiger partial charge in [-0.3, -0.25) is 4.79 Å². The van der Waals surface area contributed by atoms with Crippen LogP contribution < -0.4 is 0 Å². The molecule has 0 unspecified atom stereocenters. The van der Waals surface area contributed by atoms with Crippen LogP contribution in [0, 0.1) is 11.3 Å². The fourth-order valence-corrected chi connectivity index (χ4v) is 4.35. The molecule has 0 aromatic carbocycles. The predicted octanol–water partition coefficient (Wildman–Crippen LogP) is 3.92. The molecule has 2 aliphatic rings. The van der Waals surface area contributed by atoms with Crippen LogP contribution in [0.5, 0.6) is 0 Å². The van der Waals surface area contributed by atoms with Crippen LogP contribution in [0.3, 0.4) is 0 Å². The van der Waals surface area contributed by atoms with Gasteiger partial charge >= 0.3 is 5.97 Å². The highest BCUT2D eigenvalue weighted by atomic mass is 28.4. The summed E-state index contributed by atoms with van der Waals surface area (Å²) < 4.78 is 18.0. The molecule has 23 heavy (non-hydrogen) atoms. The number of esters is 1. The lowest BCUT2D eigenvalue weighted by Crippen LogP contribution is -2.51. The molecule has 132 valence electrons. The Morgan fingerprint density at radius 2 is 1.91 bits per heavy atom. The second-order valence-electron chi connectivity index (χ2n) is 8.91. The molecule has 0 aromatic heterocycles. The van der Waals surface area contributed by atoms with E-state index < -0.39 is 13.9 Å². The SMILES string of the molecule is CCOC(=O)[C@H]1C(C)(C)[C@@H]2C=C[C@@]1(CO[Si](C)(C)C(C)(C)C)O2. The molecule has 1 fully saturated rings. The molecule has 0 radical (unpaired) electrons. The Labute approximate surface area is 141 Å². The zero-order chi connectivity index (χ0) is 17.7. The minimum absolute atomic E-state index is 0.0556. The van der Waals surface area contributed by atoms with Crippen molar-refractivity contribution in [1.29, 1.82) is 0 Å². The van der Waals surface area contributed by atoms with E-state index in [9.17, 15) is 4.79 Å². The first-order valence-corrected chi connectivity index (χ1v) is 11.5. The van der Waals surface area contributed by atoms with Crippen LogP contribution in [0.4, 0.5) is 0 Å². The van der Waals surface area contributed by atoms with Crippen molar-refractivity contribution in [2.75, 3.05) is 13.2 Å². The molecule has 1 saturated heterocycles. The third-order valence-corrected chi connectivity index (χ3v) is 10.3. The Kier molecular flexibility index (Phi) is 4.64. The summed E-state index contributed by atoms with van der Waals surface area (Å²) in [5, 5.41) is 0.124. The van der Waals surface area contributed by atoms with Crippen LogP contribution >= 0.6 is 0 Å². The smallest absolute Gasteiger partial charge is 0.312 e. The Morgan fingerprint density at radius 1 is 1.30 bits per heavy atom. The highest BCUT2D eigenvalue weighted by molar-refractivity contribution is 6.74. The average molecular weight is 341 g/mol. The van der Waals surface area contributed by atoms with E-state index in [1.807, 2.05) is 13.0 Å². The summed E-state index contributed by atoms with van der Waals surface area (Å²) in [6.45, 7) is 17.9. The molecule has 0 spiro atoms. The van der Waals surface area contributed by atoms with Gasteiger partial charge < -0.3 is 13.9 Å². The van der Waals surface area contributed by atoms with Gasteiger partial charge in [0, 0.05) is 5.41 Å². The van der Waals surface area contributed by atoms with E-state index in [0.717, 1.165) is 0 Å². The zero-order valence-electron chi connectivity index (χ0n) is 15.9. The molecule has 3 atom stereocenters. The highest BCUT2D eigenvalue weighted by Crippen LogP contribution is 2.55. The summed E-state index contributed by atoms with van der Waals surface area (Å²) in [6.07, 6.45) is 4.04. The van der Waals surface area contributed by atoms with E-state index in [-0.39, 0.29) is 28.4 Å². The van der Waals surface area contributed by atoms with Crippen LogP contribution in [0.2, 0.25) is 18.1 Å². The minimum Gasteiger partial charge on any atom is -0.466 e. The number of ether oxygens (including phenoxy) is 2. The largest absolute Gasteiger partial charge is 0.466 e. The summed E-state index contributed by atoms with van der Waals surface area (Å²) >= 11 is 0. The van der Waals surface area contributed by atoms with Gasteiger partial charge in [0.05, 0.1) is 25.2 Å². The lowest BCUT2D eigenvalue weighted by atomic mass is 9.67. The normalized spacial score (nSPS) is 32.3. The molecule has 0 aromatic rings. The second-order valence-corrected chi connectivity index (χ2v) is 13.7. The fourth-order valence-electron chi connectivity index (χ4n) is 3.33. The van der Waals surface area contributed by atoms with E-state index in [2.05, 4.69) is 53.8 Å². The van der Waals surface area contributed by atoms with Gasteiger partial charge in [-0.05, 0) is 25.1 Å². The lowest BCUT2D eigenvalue weighted by Gasteiger charge is -2.41. The van der Waals surface area contributed by atoms with E-state index in [4.69, 9.17) is 13.9 Å². The first-order chi connectivity index (χ1) is 10.4. The topological polar surface area (TPSA) is 44.8 Å². The van der Waals surface area contributed by atoms with Crippen molar-refractivity contribution in [2.45, 2.75) is 71.4 Å². The molecular formula is C18H32O4Si. The van der Waals surface area contributed by atoms with Crippen molar-refractivity contribution in [3.05, 3.63) is 12.2 Å². The predicted molar refractivity (Wildman–Crippen MR) is 93.8 cm³/mol. The molecule has 2 aliphatic heterocycles. The van der Waals surface area contributed by atoms with Crippen molar-refractivity contribution in [1.82, 2.24) is 0 Å². The van der Waals surface area contributed by atoms with Crippen molar-refractivity contribution in [3.8, 4) is 0 Å².